The van der Waals surface area contributed by atoms with E-state index in [-0.39, 0.29) is 10.7 Å². The molecule has 8 nitrogen and oxygen atoms in total. The normalized spacial score (nSPS) is 19.2. The van der Waals surface area contributed by atoms with Gasteiger partial charge in [-0.1, -0.05) is 29.8 Å². The number of hydrogen-bond donors (Lipinski definition) is 3. The van der Waals surface area contributed by atoms with E-state index in [4.69, 9.17) is 0 Å². The maximum atomic E-state index is 14.2. The van der Waals surface area contributed by atoms with Crippen molar-refractivity contribution in [3.63, 3.8) is 0 Å². The molecule has 192 valence electrons. The molecule has 0 spiro atoms. The molecule has 16 heteroatoms. The molecule has 1 aliphatic heterocycles. The minimum Gasteiger partial charge on any atom is -0.277 e. The lowest BCUT2D eigenvalue weighted by Crippen LogP contribution is -2.51. The summed E-state index contributed by atoms with van der Waals surface area (Å²) in [5, 5.41) is -0.869. The fourth-order valence-electron chi connectivity index (χ4n) is 3.37. The smallest absolute Gasteiger partial charge is 0.253 e. The first kappa shape index (κ1) is 27.3. The monoisotopic (exact) mass is 559 g/mol. The molecule has 1 saturated heterocycles. The highest BCUT2D eigenvalue weighted by Crippen LogP contribution is 2.33. The van der Waals surface area contributed by atoms with Crippen molar-refractivity contribution in [1.82, 2.24) is 14.6 Å². The molecule has 0 bridgehead atoms. The lowest BCUT2D eigenvalue weighted by molar-refractivity contribution is -0.124. The van der Waals surface area contributed by atoms with Crippen molar-refractivity contribution in [1.29, 1.82) is 0 Å². The highest BCUT2D eigenvalue weighted by molar-refractivity contribution is 7.89. The number of hydrazine groups is 1. The van der Waals surface area contributed by atoms with E-state index >= 15 is 0 Å². The molecule has 0 unspecified atom stereocenters. The van der Waals surface area contributed by atoms with Crippen LogP contribution in [0.4, 0.5) is 22.0 Å². The number of thiol groups is 1. The molecule has 1 amide bonds. The predicted octanol–water partition coefficient (Wildman–Crippen LogP) is 1.90. The van der Waals surface area contributed by atoms with Crippen molar-refractivity contribution in [2.24, 2.45) is 0 Å². The Bertz CT molecular complexity index is 1340. The molecule has 3 rings (SSSR count). The van der Waals surface area contributed by atoms with Crippen LogP contribution in [0.5, 0.6) is 0 Å². The zero-order valence-electron chi connectivity index (χ0n) is 17.7. The summed E-state index contributed by atoms with van der Waals surface area (Å²) in [4.78, 5) is 12.3. The number of carbonyl (C=O) groups is 1. The van der Waals surface area contributed by atoms with Crippen LogP contribution in [0.1, 0.15) is 17.5 Å². The van der Waals surface area contributed by atoms with Crippen LogP contribution in [-0.2, 0) is 30.6 Å². The Balaban J connectivity index is 1.84. The van der Waals surface area contributed by atoms with Gasteiger partial charge in [0.15, 0.2) is 28.2 Å². The van der Waals surface area contributed by atoms with Crippen LogP contribution >= 0.6 is 12.6 Å². The fraction of sp³-hybridized carbons (Fsp3) is 0.316. The molecule has 1 fully saturated rings. The number of nitrogens with zero attached hydrogens (tertiary/aromatic N) is 1. The molecular formula is C19H18F5N3O5S3. The minimum absolute atomic E-state index is 0.201. The highest BCUT2D eigenvalue weighted by Gasteiger charge is 2.46. The van der Waals surface area contributed by atoms with Crippen LogP contribution in [0.3, 0.4) is 0 Å². The average molecular weight is 560 g/mol. The molecule has 2 aromatic rings. The molecular weight excluding hydrogens is 541 g/mol. The van der Waals surface area contributed by atoms with Gasteiger partial charge in [0.25, 0.3) is 5.91 Å². The van der Waals surface area contributed by atoms with Crippen molar-refractivity contribution >= 4 is 38.6 Å². The largest absolute Gasteiger partial charge is 0.277 e. The number of sulfonamides is 2. The number of carbonyl (C=O) groups excluding carboxylic acids is 1. The average Bonchev–Trinajstić information content (AvgIpc) is 3.19. The Morgan fingerprint density at radius 1 is 0.971 bits per heavy atom. The lowest BCUT2D eigenvalue weighted by atomic mass is 10.2. The third-order valence-corrected chi connectivity index (χ3v) is 8.48. The van der Waals surface area contributed by atoms with E-state index in [1.807, 2.05) is 5.43 Å². The van der Waals surface area contributed by atoms with Crippen LogP contribution in [0.15, 0.2) is 29.2 Å². The highest BCUT2D eigenvalue weighted by atomic mass is 32.2. The van der Waals surface area contributed by atoms with E-state index in [1.54, 1.807) is 23.9 Å². The first-order valence-electron chi connectivity index (χ1n) is 9.72. The van der Waals surface area contributed by atoms with E-state index in [9.17, 15) is 43.6 Å². The standard InChI is InChI=1S/C19H18F5N3O5S3/c1-9-2-4-10(5-3-9)8-34(29,30)26-25-19(28)12-6-11(33)7-27(12)35(31,32)18-16(23)14(21)13(20)15(22)17(18)24/h2-5,11-12,26,33H,6-8H2,1H3,(H,25,28)/t11-,12+/m1/s1. The predicted molar refractivity (Wildman–Crippen MR) is 116 cm³/mol. The molecule has 0 radical (unpaired) electrons. The molecule has 1 heterocycles. The van der Waals surface area contributed by atoms with Crippen LogP contribution in [0.25, 0.3) is 0 Å². The van der Waals surface area contributed by atoms with Gasteiger partial charge in [0.05, 0.1) is 5.75 Å². The number of aryl methyl sites for hydroxylation is 1. The van der Waals surface area contributed by atoms with Crippen LogP contribution < -0.4 is 10.3 Å². The van der Waals surface area contributed by atoms with Crippen molar-refractivity contribution in [2.45, 2.75) is 35.3 Å². The van der Waals surface area contributed by atoms with E-state index in [2.05, 4.69) is 12.6 Å². The van der Waals surface area contributed by atoms with E-state index in [0.29, 0.717) is 5.56 Å². The number of amides is 1. The van der Waals surface area contributed by atoms with E-state index in [1.165, 1.54) is 12.1 Å². The minimum atomic E-state index is -5.45. The summed E-state index contributed by atoms with van der Waals surface area (Å²) in [7, 11) is -9.60. The summed E-state index contributed by atoms with van der Waals surface area (Å²) in [5.74, 6) is -14.5. The van der Waals surface area contributed by atoms with Gasteiger partial charge in [-0.25, -0.2) is 38.8 Å². The summed E-state index contributed by atoms with van der Waals surface area (Å²) >= 11 is 4.04. The summed E-state index contributed by atoms with van der Waals surface area (Å²) in [6, 6.07) is 4.64. The van der Waals surface area contributed by atoms with Gasteiger partial charge in [-0.3, -0.25) is 10.2 Å². The van der Waals surface area contributed by atoms with Crippen LogP contribution in [0, 0.1) is 36.0 Å². The maximum Gasteiger partial charge on any atom is 0.253 e. The number of benzene rings is 2. The number of rotatable bonds is 7. The van der Waals surface area contributed by atoms with E-state index in [0.717, 1.165) is 5.56 Å². The Morgan fingerprint density at radius 3 is 2.03 bits per heavy atom. The Labute approximate surface area is 203 Å². The van der Waals surface area contributed by atoms with Gasteiger partial charge in [0.2, 0.25) is 25.9 Å². The van der Waals surface area contributed by atoms with Gasteiger partial charge < -0.3 is 0 Å². The van der Waals surface area contributed by atoms with Gasteiger partial charge >= 0.3 is 0 Å². The molecule has 0 aromatic heterocycles. The third kappa shape index (κ3) is 5.61. The summed E-state index contributed by atoms with van der Waals surface area (Å²) in [6.45, 7) is 1.17. The topological polar surface area (TPSA) is 113 Å². The first-order valence-corrected chi connectivity index (χ1v) is 13.3. The fourth-order valence-corrected chi connectivity index (χ4v) is 6.57. The van der Waals surface area contributed by atoms with Gasteiger partial charge in [-0.15, -0.1) is 4.83 Å². The lowest BCUT2D eigenvalue weighted by Gasteiger charge is -2.24. The molecule has 0 aliphatic carbocycles. The van der Waals surface area contributed by atoms with Gasteiger partial charge in [0.1, 0.15) is 6.04 Å². The van der Waals surface area contributed by atoms with Crippen LogP contribution in [-0.4, -0.2) is 44.9 Å². The molecule has 1 aliphatic rings. The summed E-state index contributed by atoms with van der Waals surface area (Å²) < 4.78 is 119. The first-order chi connectivity index (χ1) is 16.2. The second-order valence-electron chi connectivity index (χ2n) is 7.72. The van der Waals surface area contributed by atoms with Crippen molar-refractivity contribution in [3.8, 4) is 0 Å². The van der Waals surface area contributed by atoms with Gasteiger partial charge in [0, 0.05) is 11.8 Å². The maximum absolute atomic E-state index is 14.2. The van der Waals surface area contributed by atoms with Crippen LogP contribution in [0.2, 0.25) is 0 Å². The summed E-state index contributed by atoms with van der Waals surface area (Å²) in [5.41, 5.74) is 3.08. The Kier molecular flexibility index (Phi) is 7.81. The van der Waals surface area contributed by atoms with Crippen molar-refractivity contribution in [3.05, 3.63) is 64.5 Å². The SMILES string of the molecule is Cc1ccc(CS(=O)(=O)NNC(=O)[C@@H]2C[C@@H](S)CN2S(=O)(=O)c2c(F)c(F)c(F)c(F)c2F)cc1. The summed E-state index contributed by atoms with van der Waals surface area (Å²) in [6.07, 6.45) is -0.344. The van der Waals surface area contributed by atoms with Crippen molar-refractivity contribution in [2.75, 3.05) is 6.54 Å². The molecule has 35 heavy (non-hydrogen) atoms. The zero-order valence-corrected chi connectivity index (χ0v) is 20.3. The third-order valence-electron chi connectivity index (χ3n) is 5.08. The number of halogens is 5. The molecule has 2 aromatic carbocycles. The van der Waals surface area contributed by atoms with Crippen molar-refractivity contribution < 1.29 is 43.6 Å². The molecule has 0 saturated carbocycles. The van der Waals surface area contributed by atoms with E-state index < -0.39 is 83.5 Å². The van der Waals surface area contributed by atoms with Gasteiger partial charge in [-0.05, 0) is 18.9 Å². The number of hydrogen-bond acceptors (Lipinski definition) is 6. The van der Waals surface area contributed by atoms with Gasteiger partial charge in [-0.2, -0.15) is 16.9 Å². The molecule has 2 atom stereocenters. The zero-order chi connectivity index (χ0) is 26.3. The second kappa shape index (κ2) is 10.0. The quantitative estimate of drug-likeness (QED) is 0.158. The second-order valence-corrected chi connectivity index (χ2v) is 12.0. The molecule has 2 N–H and O–H groups in total. The number of nitrogens with one attached hydrogen (secondary N) is 2. The Morgan fingerprint density at radius 2 is 1.49 bits per heavy atom. The Hall–Kier alpha value is -2.27.